The summed E-state index contributed by atoms with van der Waals surface area (Å²) in [5.74, 6) is -0.510. The lowest BCUT2D eigenvalue weighted by Gasteiger charge is -2.01. The van der Waals surface area contributed by atoms with E-state index in [2.05, 4.69) is 15.4 Å². The first kappa shape index (κ1) is 15.8. The molecule has 21 heavy (non-hydrogen) atoms. The lowest BCUT2D eigenvalue weighted by molar-refractivity contribution is 0.0953. The van der Waals surface area contributed by atoms with Gasteiger partial charge in [-0.25, -0.2) is 13.8 Å². The van der Waals surface area contributed by atoms with Crippen LogP contribution in [0.4, 0.5) is 8.78 Å². The molecule has 0 aromatic carbocycles. The first-order chi connectivity index (χ1) is 10.0. The van der Waals surface area contributed by atoms with Gasteiger partial charge < -0.3 is 5.32 Å². The minimum Gasteiger partial charge on any atom is -0.350 e. The molecule has 1 amide bonds. The average molecular weight is 335 g/mol. The van der Waals surface area contributed by atoms with Crippen LogP contribution in [0.25, 0.3) is 0 Å². The van der Waals surface area contributed by atoms with E-state index >= 15 is 0 Å². The van der Waals surface area contributed by atoms with Crippen molar-refractivity contribution in [3.8, 4) is 0 Å². The van der Waals surface area contributed by atoms with Crippen molar-refractivity contribution in [3.05, 3.63) is 33.0 Å². The van der Waals surface area contributed by atoms with Gasteiger partial charge >= 0.3 is 0 Å². The van der Waals surface area contributed by atoms with Crippen LogP contribution in [0.2, 0.25) is 5.15 Å². The van der Waals surface area contributed by atoms with Gasteiger partial charge in [0.1, 0.15) is 10.0 Å². The van der Waals surface area contributed by atoms with E-state index in [4.69, 9.17) is 11.6 Å². The molecule has 1 N–H and O–H groups in total. The maximum absolute atomic E-state index is 12.6. The summed E-state index contributed by atoms with van der Waals surface area (Å²) in [5, 5.41) is 6.50. The van der Waals surface area contributed by atoms with E-state index < -0.39 is 12.3 Å². The number of alkyl halides is 2. The molecular formula is C12H13ClF2N4OS. The van der Waals surface area contributed by atoms with Gasteiger partial charge in [-0.05, 0) is 13.0 Å². The number of thiazole rings is 1. The SMILES string of the molecule is CCn1ccc(CCNC(=O)c2nc(Cl)c(C(F)F)s2)n1. The number of nitrogens with zero attached hydrogens (tertiary/aromatic N) is 3. The van der Waals surface area contributed by atoms with E-state index in [-0.39, 0.29) is 15.0 Å². The molecule has 0 aliphatic rings. The van der Waals surface area contributed by atoms with Crippen molar-refractivity contribution in [2.75, 3.05) is 6.54 Å². The second kappa shape index (κ2) is 6.95. The van der Waals surface area contributed by atoms with Crippen LogP contribution >= 0.6 is 22.9 Å². The Bertz CT molecular complexity index is 629. The predicted molar refractivity (Wildman–Crippen MR) is 76.0 cm³/mol. The Kier molecular flexibility index (Phi) is 5.24. The number of hydrogen-bond acceptors (Lipinski definition) is 4. The fourth-order valence-corrected chi connectivity index (χ4v) is 2.70. The maximum Gasteiger partial charge on any atom is 0.280 e. The van der Waals surface area contributed by atoms with Crippen LogP contribution in [0.5, 0.6) is 0 Å². The van der Waals surface area contributed by atoms with Gasteiger partial charge in [0.2, 0.25) is 0 Å². The average Bonchev–Trinajstić information content (AvgIpc) is 3.05. The molecule has 2 aromatic heterocycles. The molecule has 5 nitrogen and oxygen atoms in total. The minimum absolute atomic E-state index is 0.0608. The number of rotatable bonds is 6. The molecule has 0 saturated carbocycles. The molecule has 114 valence electrons. The number of aryl methyl sites for hydroxylation is 1. The van der Waals surface area contributed by atoms with E-state index in [1.165, 1.54) is 0 Å². The minimum atomic E-state index is -2.73. The molecule has 0 aliphatic heterocycles. The van der Waals surface area contributed by atoms with Crippen LogP contribution < -0.4 is 5.32 Å². The fraction of sp³-hybridized carbons (Fsp3) is 0.417. The summed E-state index contributed by atoms with van der Waals surface area (Å²) in [7, 11) is 0. The van der Waals surface area contributed by atoms with Gasteiger partial charge in [-0.2, -0.15) is 5.10 Å². The summed E-state index contributed by atoms with van der Waals surface area (Å²) in [5.41, 5.74) is 0.850. The molecule has 2 aromatic rings. The predicted octanol–water partition coefficient (Wildman–Crippen LogP) is 2.92. The number of aromatic nitrogens is 3. The van der Waals surface area contributed by atoms with E-state index in [1.807, 2.05) is 19.2 Å². The van der Waals surface area contributed by atoms with Crippen molar-refractivity contribution in [1.29, 1.82) is 0 Å². The van der Waals surface area contributed by atoms with Crippen molar-refractivity contribution >= 4 is 28.8 Å². The molecule has 9 heteroatoms. The van der Waals surface area contributed by atoms with Crippen LogP contribution in [-0.4, -0.2) is 27.2 Å². The summed E-state index contributed by atoms with van der Waals surface area (Å²) in [4.78, 5) is 15.1. The van der Waals surface area contributed by atoms with Gasteiger partial charge in [0, 0.05) is 25.7 Å². The van der Waals surface area contributed by atoms with Gasteiger partial charge in [-0.15, -0.1) is 11.3 Å². The monoisotopic (exact) mass is 334 g/mol. The zero-order chi connectivity index (χ0) is 15.4. The second-order valence-electron chi connectivity index (χ2n) is 4.14. The molecule has 0 aliphatic carbocycles. The van der Waals surface area contributed by atoms with Crippen molar-refractivity contribution in [3.63, 3.8) is 0 Å². The van der Waals surface area contributed by atoms with Gasteiger partial charge in [0.25, 0.3) is 12.3 Å². The Morgan fingerprint density at radius 2 is 2.33 bits per heavy atom. The summed E-state index contributed by atoms with van der Waals surface area (Å²) < 4.78 is 26.9. The maximum atomic E-state index is 12.6. The molecule has 0 atom stereocenters. The zero-order valence-electron chi connectivity index (χ0n) is 11.1. The molecule has 2 rings (SSSR count). The largest absolute Gasteiger partial charge is 0.350 e. The van der Waals surface area contributed by atoms with Gasteiger partial charge in [0.05, 0.1) is 5.69 Å². The Hall–Kier alpha value is -1.54. The fourth-order valence-electron chi connectivity index (χ4n) is 1.64. The summed E-state index contributed by atoms with van der Waals surface area (Å²) >= 11 is 6.16. The highest BCUT2D eigenvalue weighted by Crippen LogP contribution is 2.32. The highest BCUT2D eigenvalue weighted by Gasteiger charge is 2.21. The van der Waals surface area contributed by atoms with Crippen molar-refractivity contribution in [2.24, 2.45) is 0 Å². The van der Waals surface area contributed by atoms with E-state index in [1.54, 1.807) is 4.68 Å². The third kappa shape index (κ3) is 3.98. The van der Waals surface area contributed by atoms with Crippen LogP contribution in [0.15, 0.2) is 12.3 Å². The van der Waals surface area contributed by atoms with E-state index in [0.29, 0.717) is 24.3 Å². The summed E-state index contributed by atoms with van der Waals surface area (Å²) in [6, 6.07) is 1.87. The van der Waals surface area contributed by atoms with Crippen LogP contribution in [-0.2, 0) is 13.0 Å². The molecule has 0 radical (unpaired) electrons. The number of nitrogens with one attached hydrogen (secondary N) is 1. The van der Waals surface area contributed by atoms with E-state index in [9.17, 15) is 13.6 Å². The highest BCUT2D eigenvalue weighted by atomic mass is 35.5. The molecule has 2 heterocycles. The normalized spacial score (nSPS) is 11.1. The quantitative estimate of drug-likeness (QED) is 0.883. The lowest BCUT2D eigenvalue weighted by atomic mass is 10.3. The number of hydrogen-bond donors (Lipinski definition) is 1. The van der Waals surface area contributed by atoms with Crippen molar-refractivity contribution in [1.82, 2.24) is 20.1 Å². The number of halogens is 3. The summed E-state index contributed by atoms with van der Waals surface area (Å²) in [6.07, 6.45) is -0.318. The Morgan fingerprint density at radius 3 is 2.90 bits per heavy atom. The zero-order valence-corrected chi connectivity index (χ0v) is 12.7. The van der Waals surface area contributed by atoms with Crippen molar-refractivity contribution in [2.45, 2.75) is 26.3 Å². The molecule has 0 fully saturated rings. The van der Waals surface area contributed by atoms with Crippen LogP contribution in [0.1, 0.15) is 33.7 Å². The molecule has 0 unspecified atom stereocenters. The third-order valence-corrected chi connectivity index (χ3v) is 4.15. The van der Waals surface area contributed by atoms with E-state index in [0.717, 1.165) is 12.2 Å². The lowest BCUT2D eigenvalue weighted by Crippen LogP contribution is -2.25. The Balaban J connectivity index is 1.88. The first-order valence-electron chi connectivity index (χ1n) is 6.26. The molecular weight excluding hydrogens is 322 g/mol. The van der Waals surface area contributed by atoms with Gasteiger partial charge in [-0.1, -0.05) is 11.6 Å². The number of carbonyl (C=O) groups excluding carboxylic acids is 1. The summed E-state index contributed by atoms with van der Waals surface area (Å²) in [6.45, 7) is 3.10. The third-order valence-electron chi connectivity index (χ3n) is 2.69. The highest BCUT2D eigenvalue weighted by molar-refractivity contribution is 7.14. The molecule has 0 saturated heterocycles. The standard InChI is InChI=1S/C12H13ClF2N4OS/c1-2-19-6-4-7(18-19)3-5-16-11(20)12-17-9(13)8(21-12)10(14)15/h4,6,10H,2-3,5H2,1H3,(H,16,20). The van der Waals surface area contributed by atoms with Crippen molar-refractivity contribution < 1.29 is 13.6 Å². The van der Waals surface area contributed by atoms with Gasteiger partial charge in [-0.3, -0.25) is 9.48 Å². The Morgan fingerprint density at radius 1 is 1.57 bits per heavy atom. The topological polar surface area (TPSA) is 59.8 Å². The van der Waals surface area contributed by atoms with Gasteiger partial charge in [0.15, 0.2) is 5.01 Å². The second-order valence-corrected chi connectivity index (χ2v) is 5.53. The number of amides is 1. The molecule has 0 spiro atoms. The first-order valence-corrected chi connectivity index (χ1v) is 7.45. The molecule has 0 bridgehead atoms. The Labute approximate surface area is 128 Å². The van der Waals surface area contributed by atoms with Crippen LogP contribution in [0.3, 0.4) is 0 Å². The smallest absolute Gasteiger partial charge is 0.280 e. The number of carbonyl (C=O) groups is 1. The van der Waals surface area contributed by atoms with Crippen LogP contribution in [0, 0.1) is 0 Å².